The van der Waals surface area contributed by atoms with Gasteiger partial charge < -0.3 is 15.0 Å². The zero-order chi connectivity index (χ0) is 29.1. The molecule has 0 spiro atoms. The molecule has 0 saturated heterocycles. The van der Waals surface area contributed by atoms with Crippen LogP contribution in [0, 0.1) is 0 Å². The lowest BCUT2D eigenvalue weighted by Crippen LogP contribution is -2.51. The molecule has 214 valence electrons. The van der Waals surface area contributed by atoms with Crippen LogP contribution in [0.3, 0.4) is 0 Å². The number of para-hydroxylation sites is 2. The van der Waals surface area contributed by atoms with Crippen molar-refractivity contribution in [2.24, 2.45) is 0 Å². The molecule has 1 atom stereocenters. The average Bonchev–Trinajstić information content (AvgIpc) is 2.96. The first-order valence-corrected chi connectivity index (χ1v) is 15.1. The second-order valence-corrected chi connectivity index (χ2v) is 11.5. The minimum absolute atomic E-state index is 0.0312. The van der Waals surface area contributed by atoms with Crippen LogP contribution in [0.4, 0.5) is 5.69 Å². The van der Waals surface area contributed by atoms with E-state index in [-0.39, 0.29) is 23.0 Å². The third kappa shape index (κ3) is 7.99. The second kappa shape index (κ2) is 14.7. The standard InChI is InChI=1S/C30H36ClN3O5S/c1-4-6-20-32-30(36)23(3)33(21-24-16-18-25(31)19-17-24)29(35)22-34(27-14-10-11-15-28(27)39-5-2)40(37,38)26-12-8-7-9-13-26/h7-19,23H,4-6,20-22H2,1-3H3,(H,32,36)/t23-/m0/s1. The van der Waals surface area contributed by atoms with Gasteiger partial charge in [-0.1, -0.05) is 67.4 Å². The summed E-state index contributed by atoms with van der Waals surface area (Å²) in [6.45, 7) is 5.80. The third-order valence-electron chi connectivity index (χ3n) is 6.31. The summed E-state index contributed by atoms with van der Waals surface area (Å²) in [5.74, 6) is -0.534. The molecular weight excluding hydrogens is 550 g/mol. The van der Waals surface area contributed by atoms with Gasteiger partial charge in [0.15, 0.2) is 0 Å². The van der Waals surface area contributed by atoms with E-state index in [2.05, 4.69) is 5.32 Å². The number of anilines is 1. The molecule has 0 aromatic heterocycles. The third-order valence-corrected chi connectivity index (χ3v) is 8.33. The fourth-order valence-electron chi connectivity index (χ4n) is 4.08. The Labute approximate surface area is 241 Å². The lowest BCUT2D eigenvalue weighted by atomic mass is 10.1. The van der Waals surface area contributed by atoms with E-state index >= 15 is 0 Å². The predicted molar refractivity (Wildman–Crippen MR) is 158 cm³/mol. The van der Waals surface area contributed by atoms with Crippen molar-refractivity contribution in [3.63, 3.8) is 0 Å². The number of nitrogens with one attached hydrogen (secondary N) is 1. The van der Waals surface area contributed by atoms with Gasteiger partial charge in [-0.15, -0.1) is 0 Å². The number of halogens is 1. The van der Waals surface area contributed by atoms with Gasteiger partial charge in [0, 0.05) is 18.1 Å². The topological polar surface area (TPSA) is 96.0 Å². The number of rotatable bonds is 14. The van der Waals surface area contributed by atoms with Crippen molar-refractivity contribution in [2.75, 3.05) is 24.0 Å². The van der Waals surface area contributed by atoms with Gasteiger partial charge in [-0.3, -0.25) is 13.9 Å². The Morgan fingerprint density at radius 1 is 0.950 bits per heavy atom. The highest BCUT2D eigenvalue weighted by atomic mass is 35.5. The Kier molecular flexibility index (Phi) is 11.4. The molecule has 0 unspecified atom stereocenters. The molecule has 0 fully saturated rings. The van der Waals surface area contributed by atoms with Gasteiger partial charge in [-0.05, 0) is 62.2 Å². The summed E-state index contributed by atoms with van der Waals surface area (Å²) in [5.41, 5.74) is 0.978. The van der Waals surface area contributed by atoms with Gasteiger partial charge in [-0.25, -0.2) is 8.42 Å². The molecule has 1 N–H and O–H groups in total. The van der Waals surface area contributed by atoms with Crippen LogP contribution in [0.5, 0.6) is 5.75 Å². The fraction of sp³-hybridized carbons (Fsp3) is 0.333. The molecule has 0 bridgehead atoms. The quantitative estimate of drug-likeness (QED) is 0.260. The minimum Gasteiger partial charge on any atom is -0.492 e. The smallest absolute Gasteiger partial charge is 0.264 e. The number of nitrogens with zero attached hydrogens (tertiary/aromatic N) is 2. The molecular formula is C30H36ClN3O5S. The summed E-state index contributed by atoms with van der Waals surface area (Å²) in [7, 11) is -4.18. The zero-order valence-corrected chi connectivity index (χ0v) is 24.6. The van der Waals surface area contributed by atoms with Gasteiger partial charge in [-0.2, -0.15) is 0 Å². The number of benzene rings is 3. The van der Waals surface area contributed by atoms with Gasteiger partial charge in [0.2, 0.25) is 11.8 Å². The normalized spacial score (nSPS) is 11.9. The molecule has 0 heterocycles. The lowest BCUT2D eigenvalue weighted by molar-refractivity contribution is -0.139. The average molecular weight is 586 g/mol. The number of carbonyl (C=O) groups excluding carboxylic acids is 2. The lowest BCUT2D eigenvalue weighted by Gasteiger charge is -2.32. The molecule has 8 nitrogen and oxygen atoms in total. The summed E-state index contributed by atoms with van der Waals surface area (Å²) in [4.78, 5) is 28.5. The largest absolute Gasteiger partial charge is 0.492 e. The number of sulfonamides is 1. The highest BCUT2D eigenvalue weighted by molar-refractivity contribution is 7.92. The highest BCUT2D eigenvalue weighted by Crippen LogP contribution is 2.32. The van der Waals surface area contributed by atoms with Crippen molar-refractivity contribution in [1.29, 1.82) is 0 Å². The molecule has 0 aliphatic carbocycles. The van der Waals surface area contributed by atoms with Crippen LogP contribution in [0.25, 0.3) is 0 Å². The van der Waals surface area contributed by atoms with Gasteiger partial charge >= 0.3 is 0 Å². The molecule has 3 rings (SSSR count). The maximum Gasteiger partial charge on any atom is 0.264 e. The van der Waals surface area contributed by atoms with E-state index in [1.54, 1.807) is 80.6 Å². The first-order chi connectivity index (χ1) is 19.2. The summed E-state index contributed by atoms with van der Waals surface area (Å²) < 4.78 is 34.6. The van der Waals surface area contributed by atoms with Crippen LogP contribution in [0.2, 0.25) is 5.02 Å². The Hall–Kier alpha value is -3.56. The monoisotopic (exact) mass is 585 g/mol. The number of amides is 2. The van der Waals surface area contributed by atoms with E-state index < -0.39 is 28.5 Å². The van der Waals surface area contributed by atoms with Gasteiger partial charge in [0.05, 0.1) is 17.2 Å². The number of carbonyl (C=O) groups is 2. The van der Waals surface area contributed by atoms with Crippen LogP contribution in [-0.4, -0.2) is 50.9 Å². The van der Waals surface area contributed by atoms with E-state index in [1.807, 2.05) is 6.92 Å². The van der Waals surface area contributed by atoms with Crippen LogP contribution >= 0.6 is 11.6 Å². The number of hydrogen-bond donors (Lipinski definition) is 1. The molecule has 3 aromatic rings. The first kappa shape index (κ1) is 31.0. The summed E-state index contributed by atoms with van der Waals surface area (Å²) in [6.07, 6.45) is 1.72. The second-order valence-electron chi connectivity index (χ2n) is 9.19. The number of ether oxygens (including phenoxy) is 1. The van der Waals surface area contributed by atoms with Crippen molar-refractivity contribution >= 4 is 39.1 Å². The summed E-state index contributed by atoms with van der Waals surface area (Å²) in [6, 6.07) is 20.7. The Balaban J connectivity index is 2.03. The van der Waals surface area contributed by atoms with E-state index in [9.17, 15) is 18.0 Å². The molecule has 0 saturated carbocycles. The van der Waals surface area contributed by atoms with Crippen molar-refractivity contribution in [2.45, 2.75) is 51.1 Å². The molecule has 3 aromatic carbocycles. The maximum absolute atomic E-state index is 14.0. The van der Waals surface area contributed by atoms with E-state index in [1.165, 1.54) is 17.0 Å². The molecule has 40 heavy (non-hydrogen) atoms. The zero-order valence-electron chi connectivity index (χ0n) is 23.0. The van der Waals surface area contributed by atoms with Crippen LogP contribution < -0.4 is 14.4 Å². The Morgan fingerprint density at radius 2 is 1.60 bits per heavy atom. The van der Waals surface area contributed by atoms with Crippen LogP contribution in [0.15, 0.2) is 83.8 Å². The van der Waals surface area contributed by atoms with Crippen LogP contribution in [-0.2, 0) is 26.2 Å². The fourth-order valence-corrected chi connectivity index (χ4v) is 5.65. The van der Waals surface area contributed by atoms with Crippen molar-refractivity contribution in [3.05, 3.63) is 89.4 Å². The Bertz CT molecular complexity index is 1370. The van der Waals surface area contributed by atoms with Crippen molar-refractivity contribution in [1.82, 2.24) is 10.2 Å². The van der Waals surface area contributed by atoms with E-state index in [4.69, 9.17) is 16.3 Å². The number of hydrogen-bond acceptors (Lipinski definition) is 5. The molecule has 10 heteroatoms. The van der Waals surface area contributed by atoms with E-state index in [0.717, 1.165) is 22.7 Å². The number of unbranched alkanes of at least 4 members (excludes halogenated alkanes) is 1. The van der Waals surface area contributed by atoms with Crippen LogP contribution in [0.1, 0.15) is 39.2 Å². The molecule has 0 aliphatic rings. The minimum atomic E-state index is -4.18. The molecule has 0 aliphatic heterocycles. The van der Waals surface area contributed by atoms with Gasteiger partial charge in [0.25, 0.3) is 10.0 Å². The maximum atomic E-state index is 14.0. The van der Waals surface area contributed by atoms with Gasteiger partial charge in [0.1, 0.15) is 18.3 Å². The highest BCUT2D eigenvalue weighted by Gasteiger charge is 2.33. The predicted octanol–water partition coefficient (Wildman–Crippen LogP) is 5.27. The summed E-state index contributed by atoms with van der Waals surface area (Å²) in [5, 5.41) is 3.42. The first-order valence-electron chi connectivity index (χ1n) is 13.3. The summed E-state index contributed by atoms with van der Waals surface area (Å²) >= 11 is 6.05. The Morgan fingerprint density at radius 3 is 2.25 bits per heavy atom. The van der Waals surface area contributed by atoms with E-state index in [0.29, 0.717) is 23.9 Å². The molecule has 2 amide bonds. The molecule has 0 radical (unpaired) electrons. The van der Waals surface area contributed by atoms with Crippen molar-refractivity contribution < 1.29 is 22.7 Å². The SMILES string of the molecule is CCCCNC(=O)[C@H](C)N(Cc1ccc(Cl)cc1)C(=O)CN(c1ccccc1OCC)S(=O)(=O)c1ccccc1. The van der Waals surface area contributed by atoms with Crippen molar-refractivity contribution in [3.8, 4) is 5.75 Å².